The van der Waals surface area contributed by atoms with Crippen molar-refractivity contribution in [2.75, 3.05) is 30.0 Å². The van der Waals surface area contributed by atoms with Gasteiger partial charge in [-0.15, -0.1) is 4.99 Å². The van der Waals surface area contributed by atoms with E-state index in [1.807, 2.05) is 11.8 Å². The van der Waals surface area contributed by atoms with Crippen LogP contribution in [0.2, 0.25) is 0 Å². The van der Waals surface area contributed by atoms with Gasteiger partial charge in [-0.3, -0.25) is 4.98 Å². The van der Waals surface area contributed by atoms with Crippen LogP contribution in [-0.2, 0) is 24.1 Å². The van der Waals surface area contributed by atoms with Crippen LogP contribution < -0.4 is 20.6 Å². The van der Waals surface area contributed by atoms with Gasteiger partial charge in [-0.05, 0) is 74.3 Å². The van der Waals surface area contributed by atoms with Gasteiger partial charge in [0.1, 0.15) is 22.5 Å². The number of aromatic nitrogens is 1. The summed E-state index contributed by atoms with van der Waals surface area (Å²) in [5.41, 5.74) is 1.09. The molecule has 2 heterocycles. The summed E-state index contributed by atoms with van der Waals surface area (Å²) in [6.07, 6.45) is 0.549. The predicted octanol–water partition coefficient (Wildman–Crippen LogP) is 4.56. The first-order valence-electron chi connectivity index (χ1n) is 13.2. The van der Waals surface area contributed by atoms with E-state index in [9.17, 15) is 14.4 Å². The molecule has 1 fully saturated rings. The summed E-state index contributed by atoms with van der Waals surface area (Å²) in [4.78, 5) is 56.1. The highest BCUT2D eigenvalue weighted by Crippen LogP contribution is 2.34. The Morgan fingerprint density at radius 1 is 0.925 bits per heavy atom. The van der Waals surface area contributed by atoms with E-state index in [0.29, 0.717) is 12.2 Å². The summed E-state index contributed by atoms with van der Waals surface area (Å²) in [6, 6.07) is 0.807. The second-order valence-electron chi connectivity index (χ2n) is 12.7. The first-order valence-corrected chi connectivity index (χ1v) is 13.2. The van der Waals surface area contributed by atoms with Crippen molar-refractivity contribution < 1.29 is 38.5 Å². The lowest BCUT2D eigenvalue weighted by Crippen LogP contribution is -2.63. The maximum absolute atomic E-state index is 13.3. The molecule has 13 nitrogen and oxygen atoms in total. The fraction of sp³-hybridized carbons (Fsp3) is 0.704. The van der Waals surface area contributed by atoms with Gasteiger partial charge < -0.3 is 24.4 Å². The number of hydrogen-bond donors (Lipinski definition) is 2. The van der Waals surface area contributed by atoms with Crippen LogP contribution in [0.15, 0.2) is 18.5 Å². The molecular formula is C27H45N5O8. The first-order chi connectivity index (χ1) is 18.3. The molecule has 2 N–H and O–H groups in total. The molecule has 0 saturated carbocycles. The molecule has 3 atom stereocenters. The third-order valence-electron chi connectivity index (χ3n) is 5.45. The molecular weight excluding hydrogens is 522 g/mol. The molecule has 0 bridgehead atoms. The molecule has 0 spiro atoms. The summed E-state index contributed by atoms with van der Waals surface area (Å²) in [5.74, 6) is -0.110. The Hall–Kier alpha value is -3.16. The van der Waals surface area contributed by atoms with Crippen LogP contribution in [0.1, 0.15) is 69.2 Å². The largest absolute Gasteiger partial charge is 0.444 e. The molecule has 2 rings (SSSR count). The highest BCUT2D eigenvalue weighted by atomic mass is 17.3. The molecule has 0 aliphatic carbocycles. The van der Waals surface area contributed by atoms with E-state index in [1.54, 1.807) is 74.6 Å². The minimum absolute atomic E-state index is 0.110. The number of carbonyl (C=O) groups is 3. The number of ether oxygens (including phenoxy) is 3. The number of hydrogen-bond acceptors (Lipinski definition) is 11. The SMILES string of the molecule is COONC1C(C)CN(c2ccncc2N(C(=O)OC(C)(C)C)C(=O)OC(C)(C)C)CC1NC(=O)OC(C)(C)C. The Bertz CT molecular complexity index is 1000. The van der Waals surface area contributed by atoms with Gasteiger partial charge in [0.15, 0.2) is 0 Å². The zero-order valence-electron chi connectivity index (χ0n) is 25.5. The smallest absolute Gasteiger partial charge is 0.424 e. The van der Waals surface area contributed by atoms with Crippen molar-refractivity contribution in [2.24, 2.45) is 5.92 Å². The number of piperidine rings is 1. The van der Waals surface area contributed by atoms with E-state index in [2.05, 4.69) is 15.8 Å². The van der Waals surface area contributed by atoms with Gasteiger partial charge in [-0.25, -0.2) is 19.3 Å². The molecule has 1 aromatic rings. The summed E-state index contributed by atoms with van der Waals surface area (Å²) >= 11 is 0. The highest BCUT2D eigenvalue weighted by molar-refractivity contribution is 6.11. The monoisotopic (exact) mass is 567 g/mol. The maximum atomic E-state index is 13.3. The summed E-state index contributed by atoms with van der Waals surface area (Å²) < 4.78 is 16.6. The van der Waals surface area contributed by atoms with Crippen LogP contribution in [0, 0.1) is 5.92 Å². The van der Waals surface area contributed by atoms with Gasteiger partial charge in [0.2, 0.25) is 0 Å². The van der Waals surface area contributed by atoms with E-state index in [-0.39, 0.29) is 24.2 Å². The zero-order valence-corrected chi connectivity index (χ0v) is 25.5. The number of imide groups is 1. The fourth-order valence-electron chi connectivity index (χ4n) is 4.08. The number of amides is 3. The second-order valence-corrected chi connectivity index (χ2v) is 12.7. The van der Waals surface area contributed by atoms with Gasteiger partial charge in [-0.1, -0.05) is 6.92 Å². The number of hydroxylamine groups is 1. The van der Waals surface area contributed by atoms with Crippen LogP contribution in [0.5, 0.6) is 0 Å². The van der Waals surface area contributed by atoms with Crippen molar-refractivity contribution in [1.82, 2.24) is 15.8 Å². The van der Waals surface area contributed by atoms with Crippen molar-refractivity contribution in [3.8, 4) is 0 Å². The minimum Gasteiger partial charge on any atom is -0.444 e. The van der Waals surface area contributed by atoms with Crippen LogP contribution in [0.3, 0.4) is 0 Å². The number of anilines is 2. The molecule has 1 saturated heterocycles. The average molecular weight is 568 g/mol. The molecule has 0 aromatic carbocycles. The Balaban J connectivity index is 2.50. The minimum atomic E-state index is -0.905. The zero-order chi connectivity index (χ0) is 30.5. The number of alkyl carbamates (subject to hydrolysis) is 1. The second kappa shape index (κ2) is 13.0. The van der Waals surface area contributed by atoms with Crippen molar-refractivity contribution in [3.05, 3.63) is 18.5 Å². The summed E-state index contributed by atoms with van der Waals surface area (Å²) in [6.45, 7) is 18.3. The number of carbonyl (C=O) groups excluding carboxylic acids is 3. The molecule has 1 aliphatic heterocycles. The van der Waals surface area contributed by atoms with E-state index >= 15 is 0 Å². The van der Waals surface area contributed by atoms with Gasteiger partial charge in [-0.2, -0.15) is 10.4 Å². The summed E-state index contributed by atoms with van der Waals surface area (Å²) in [7, 11) is 1.37. The molecule has 13 heteroatoms. The van der Waals surface area contributed by atoms with Crippen molar-refractivity contribution >= 4 is 29.7 Å². The van der Waals surface area contributed by atoms with Crippen molar-refractivity contribution in [2.45, 2.75) is 98.1 Å². The van der Waals surface area contributed by atoms with Crippen LogP contribution in [-0.4, -0.2) is 72.3 Å². The van der Waals surface area contributed by atoms with Crippen LogP contribution >= 0.6 is 0 Å². The van der Waals surface area contributed by atoms with Crippen LogP contribution in [0.4, 0.5) is 25.8 Å². The average Bonchev–Trinajstić information content (AvgIpc) is 2.75. The predicted molar refractivity (Wildman–Crippen MR) is 149 cm³/mol. The first kappa shape index (κ1) is 33.0. The Morgan fingerprint density at radius 2 is 1.48 bits per heavy atom. The molecule has 1 aliphatic rings. The van der Waals surface area contributed by atoms with E-state index < -0.39 is 41.1 Å². The lowest BCUT2D eigenvalue weighted by atomic mass is 9.90. The van der Waals surface area contributed by atoms with Gasteiger partial charge >= 0.3 is 18.3 Å². The molecule has 226 valence electrons. The van der Waals surface area contributed by atoms with E-state index in [0.717, 1.165) is 4.90 Å². The topological polar surface area (TPSA) is 141 Å². The third kappa shape index (κ3) is 10.1. The van der Waals surface area contributed by atoms with E-state index in [4.69, 9.17) is 24.1 Å². The summed E-state index contributed by atoms with van der Waals surface area (Å²) in [5, 5.41) is 2.91. The molecule has 3 amide bonds. The number of pyridine rings is 1. The van der Waals surface area contributed by atoms with Gasteiger partial charge in [0.05, 0.1) is 31.1 Å². The fourth-order valence-corrected chi connectivity index (χ4v) is 4.08. The normalized spacial score (nSPS) is 20.0. The molecule has 40 heavy (non-hydrogen) atoms. The van der Waals surface area contributed by atoms with Gasteiger partial charge in [0, 0.05) is 19.3 Å². The maximum Gasteiger partial charge on any atom is 0.424 e. The number of nitrogens with zero attached hydrogens (tertiary/aromatic N) is 3. The lowest BCUT2D eigenvalue weighted by molar-refractivity contribution is -0.327. The molecule has 3 unspecified atom stereocenters. The van der Waals surface area contributed by atoms with Crippen molar-refractivity contribution in [1.29, 1.82) is 0 Å². The van der Waals surface area contributed by atoms with Gasteiger partial charge in [0.25, 0.3) is 0 Å². The lowest BCUT2D eigenvalue weighted by Gasteiger charge is -2.44. The van der Waals surface area contributed by atoms with Crippen LogP contribution in [0.25, 0.3) is 0 Å². The van der Waals surface area contributed by atoms with E-state index in [1.165, 1.54) is 13.3 Å². The molecule has 0 radical (unpaired) electrons. The number of nitrogens with one attached hydrogen (secondary N) is 2. The molecule has 1 aromatic heterocycles. The quantitative estimate of drug-likeness (QED) is 0.284. The Labute approximate surface area is 236 Å². The Morgan fingerprint density at radius 3 is 1.98 bits per heavy atom. The number of rotatable bonds is 6. The third-order valence-corrected chi connectivity index (χ3v) is 5.45. The standard InChI is InChI=1S/C27H45N5O8/c1-17-15-31(16-18(21(17)30-40-36-11)29-22(33)37-25(2,3)4)19-12-13-28-14-20(19)32(23(34)38-26(5,6)7)24(35)39-27(8,9)10/h12-14,17-18,21,30H,15-16H2,1-11H3,(H,29,33). The van der Waals surface area contributed by atoms with Crippen molar-refractivity contribution in [3.63, 3.8) is 0 Å². The highest BCUT2D eigenvalue weighted by Gasteiger charge is 2.40. The Kier molecular flexibility index (Phi) is 10.7.